The average Bonchev–Trinajstić information content (AvgIpc) is 3.46. The first kappa shape index (κ1) is 29.5. The fourth-order valence-electron chi connectivity index (χ4n) is 6.48. The quantitative estimate of drug-likeness (QED) is 0.237. The Balaban J connectivity index is 1.19. The van der Waals surface area contributed by atoms with Crippen LogP contribution in [0.3, 0.4) is 0 Å². The summed E-state index contributed by atoms with van der Waals surface area (Å²) in [5.41, 5.74) is -1.58. The normalized spacial score (nSPS) is 28.4. The topological polar surface area (TPSA) is 188 Å². The number of ether oxygens (including phenoxy) is 1. The van der Waals surface area contributed by atoms with Gasteiger partial charge in [0.25, 0.3) is 11.8 Å². The molecule has 0 saturated carbocycles. The number of alkyl halides is 3. The highest BCUT2D eigenvalue weighted by atomic mass is 19.4. The van der Waals surface area contributed by atoms with Gasteiger partial charge in [-0.1, -0.05) is 26.0 Å². The molecule has 8 N–H and O–H groups in total. The first-order valence-corrected chi connectivity index (χ1v) is 14.0. The summed E-state index contributed by atoms with van der Waals surface area (Å²) in [4.78, 5) is 31.4. The summed E-state index contributed by atoms with van der Waals surface area (Å²) in [5, 5.41) is 43.0. The molecule has 5 atom stereocenters. The number of guanidine groups is 2. The van der Waals surface area contributed by atoms with Crippen molar-refractivity contribution in [2.75, 3.05) is 19.7 Å². The summed E-state index contributed by atoms with van der Waals surface area (Å²) < 4.78 is 44.5. The standard InChI is InChI=1S/C28H32F3N9O4/c1-26(2)8-9-44-19-14(4-3-5-15(19)26)22(42)36-18-12-40-25(33)37-17(20-27(40,21(18)41)39-24(32)38-20)11-35-23(43)16-7-6-13(10-34-16)28(29,30)31/h3-7,10,17-18,20-21,41H,8-9,11-12H2,1-2H3,(H2,33,37)(H,35,43)(H,36,42)(H3,32,38,39)/t17-,18?,20-,21+,27?/m0/s1. The number of pyridine rings is 1. The number of hydrogen-bond acceptors (Lipinski definition) is 7. The maximum atomic E-state index is 13.5. The van der Waals surface area contributed by atoms with Gasteiger partial charge in [-0.2, -0.15) is 13.2 Å². The van der Waals surface area contributed by atoms with Crippen LogP contribution in [0.2, 0.25) is 0 Å². The van der Waals surface area contributed by atoms with Crippen LogP contribution in [0.4, 0.5) is 13.2 Å². The smallest absolute Gasteiger partial charge is 0.417 e. The van der Waals surface area contributed by atoms with Crippen molar-refractivity contribution < 1.29 is 32.6 Å². The molecular formula is C28H32F3N9O4. The number of benzene rings is 1. The molecule has 5 heterocycles. The number of aliphatic hydroxyl groups excluding tert-OH is 1. The van der Waals surface area contributed by atoms with E-state index in [9.17, 15) is 27.9 Å². The van der Waals surface area contributed by atoms with Gasteiger partial charge in [0, 0.05) is 24.8 Å². The number of aliphatic hydroxyl groups is 1. The zero-order valence-corrected chi connectivity index (χ0v) is 23.8. The van der Waals surface area contributed by atoms with E-state index >= 15 is 0 Å². The molecule has 4 aliphatic heterocycles. The summed E-state index contributed by atoms with van der Waals surface area (Å²) in [6.07, 6.45) is -4.53. The number of aromatic nitrogens is 1. The lowest BCUT2D eigenvalue weighted by Crippen LogP contribution is -2.78. The second-order valence-electron chi connectivity index (χ2n) is 12.0. The zero-order valence-electron chi connectivity index (χ0n) is 23.8. The summed E-state index contributed by atoms with van der Waals surface area (Å²) >= 11 is 0. The van der Waals surface area contributed by atoms with Crippen LogP contribution in [0.25, 0.3) is 0 Å². The molecule has 234 valence electrons. The summed E-state index contributed by atoms with van der Waals surface area (Å²) in [6, 6.07) is 4.73. The van der Waals surface area contributed by atoms with E-state index in [4.69, 9.17) is 15.6 Å². The van der Waals surface area contributed by atoms with Crippen LogP contribution < -0.4 is 31.3 Å². The number of halogens is 3. The molecule has 4 aliphatic rings. The Hall–Kier alpha value is -4.60. The molecule has 44 heavy (non-hydrogen) atoms. The van der Waals surface area contributed by atoms with Crippen molar-refractivity contribution in [2.45, 2.75) is 61.8 Å². The molecule has 3 saturated heterocycles. The maximum absolute atomic E-state index is 13.5. The van der Waals surface area contributed by atoms with Gasteiger partial charge in [0.1, 0.15) is 17.5 Å². The van der Waals surface area contributed by atoms with Crippen LogP contribution in [0.1, 0.15) is 52.2 Å². The van der Waals surface area contributed by atoms with Gasteiger partial charge in [-0.3, -0.25) is 25.4 Å². The van der Waals surface area contributed by atoms with Crippen LogP contribution in [-0.4, -0.2) is 88.3 Å². The van der Waals surface area contributed by atoms with Gasteiger partial charge in [0.15, 0.2) is 17.6 Å². The van der Waals surface area contributed by atoms with Gasteiger partial charge >= 0.3 is 6.18 Å². The Bertz CT molecular complexity index is 1530. The monoisotopic (exact) mass is 615 g/mol. The average molecular weight is 616 g/mol. The molecule has 16 heteroatoms. The van der Waals surface area contributed by atoms with Crippen molar-refractivity contribution in [1.29, 1.82) is 10.8 Å². The highest BCUT2D eigenvalue weighted by Gasteiger charge is 2.66. The van der Waals surface area contributed by atoms with E-state index in [2.05, 4.69) is 45.4 Å². The van der Waals surface area contributed by atoms with Gasteiger partial charge < -0.3 is 41.3 Å². The number of carbonyl (C=O) groups excluding carboxylic acids is 2. The number of fused-ring (bicyclic) bond motifs is 1. The highest BCUT2D eigenvalue weighted by molar-refractivity contribution is 5.98. The van der Waals surface area contributed by atoms with E-state index < -0.39 is 53.4 Å². The largest absolute Gasteiger partial charge is 0.492 e. The Morgan fingerprint density at radius 2 is 1.95 bits per heavy atom. The first-order valence-electron chi connectivity index (χ1n) is 14.0. The maximum Gasteiger partial charge on any atom is 0.417 e. The Labute approximate surface area is 249 Å². The van der Waals surface area contributed by atoms with Crippen molar-refractivity contribution in [3.8, 4) is 5.75 Å². The van der Waals surface area contributed by atoms with Gasteiger partial charge in [0.2, 0.25) is 0 Å². The second kappa shape index (κ2) is 10.2. The van der Waals surface area contributed by atoms with E-state index in [1.54, 1.807) is 12.1 Å². The fourth-order valence-corrected chi connectivity index (χ4v) is 6.48. The molecule has 0 radical (unpaired) electrons. The van der Waals surface area contributed by atoms with Crippen LogP contribution in [0.15, 0.2) is 36.5 Å². The van der Waals surface area contributed by atoms with Crippen molar-refractivity contribution in [1.82, 2.24) is 36.5 Å². The predicted octanol–water partition coefficient (Wildman–Crippen LogP) is 0.464. The van der Waals surface area contributed by atoms with Crippen molar-refractivity contribution in [3.05, 3.63) is 58.9 Å². The highest BCUT2D eigenvalue weighted by Crippen LogP contribution is 2.41. The molecule has 2 amide bonds. The van der Waals surface area contributed by atoms with Crippen LogP contribution in [-0.2, 0) is 11.6 Å². The lowest BCUT2D eigenvalue weighted by Gasteiger charge is -2.49. The number of rotatable bonds is 5. The van der Waals surface area contributed by atoms with Crippen molar-refractivity contribution >= 4 is 23.7 Å². The molecule has 6 rings (SSSR count). The third-order valence-corrected chi connectivity index (χ3v) is 8.84. The minimum Gasteiger partial charge on any atom is -0.492 e. The minimum atomic E-state index is -4.59. The zero-order chi connectivity index (χ0) is 31.6. The summed E-state index contributed by atoms with van der Waals surface area (Å²) in [7, 11) is 0. The Morgan fingerprint density at radius 3 is 2.66 bits per heavy atom. The molecule has 13 nitrogen and oxygen atoms in total. The third-order valence-electron chi connectivity index (χ3n) is 8.84. The molecule has 2 aromatic rings. The number of nitrogens with one attached hydrogen (secondary N) is 7. The fraction of sp³-hybridized carbons (Fsp3) is 0.464. The summed E-state index contributed by atoms with van der Waals surface area (Å²) in [5.74, 6) is -0.938. The SMILES string of the molecule is CC1(C)CCOc2c(C(=O)NC3CN4C(=N)N[C@@H](CNC(=O)c5ccc(C(F)(F)F)cn5)[C@@H]5NC(=N)NC54[C@@H]3O)cccc21. The van der Waals surface area contributed by atoms with E-state index in [1.807, 2.05) is 6.07 Å². The van der Waals surface area contributed by atoms with Gasteiger partial charge in [0.05, 0.1) is 35.9 Å². The number of amides is 2. The number of hydrogen-bond donors (Lipinski definition) is 8. The third kappa shape index (κ3) is 4.73. The second-order valence-corrected chi connectivity index (χ2v) is 12.0. The Kier molecular flexibility index (Phi) is 6.86. The van der Waals surface area contributed by atoms with Crippen LogP contribution >= 0.6 is 0 Å². The number of para-hydroxylation sites is 1. The molecule has 0 bridgehead atoms. The lowest BCUT2D eigenvalue weighted by atomic mass is 9.79. The predicted molar refractivity (Wildman–Crippen MR) is 150 cm³/mol. The molecule has 0 aliphatic carbocycles. The van der Waals surface area contributed by atoms with Gasteiger partial charge in [-0.15, -0.1) is 0 Å². The van der Waals surface area contributed by atoms with Gasteiger partial charge in [-0.25, -0.2) is 0 Å². The number of carbonyl (C=O) groups is 2. The molecular weight excluding hydrogens is 583 g/mol. The van der Waals surface area contributed by atoms with Crippen LogP contribution in [0, 0.1) is 10.8 Å². The van der Waals surface area contributed by atoms with E-state index in [1.165, 1.54) is 4.90 Å². The molecule has 1 spiro atoms. The van der Waals surface area contributed by atoms with Crippen LogP contribution in [0.5, 0.6) is 5.75 Å². The van der Waals surface area contributed by atoms with Crippen molar-refractivity contribution in [3.63, 3.8) is 0 Å². The molecule has 2 unspecified atom stereocenters. The number of nitrogens with zero attached hydrogens (tertiary/aromatic N) is 2. The van der Waals surface area contributed by atoms with E-state index in [0.29, 0.717) is 24.1 Å². The molecule has 1 aromatic carbocycles. The Morgan fingerprint density at radius 1 is 1.18 bits per heavy atom. The molecule has 1 aromatic heterocycles. The van der Waals surface area contributed by atoms with E-state index in [0.717, 1.165) is 24.1 Å². The van der Waals surface area contributed by atoms with E-state index in [-0.39, 0.29) is 36.1 Å². The van der Waals surface area contributed by atoms with Gasteiger partial charge in [-0.05, 0) is 30.0 Å². The molecule has 3 fully saturated rings. The summed E-state index contributed by atoms with van der Waals surface area (Å²) in [6.45, 7) is 4.53. The first-order chi connectivity index (χ1) is 20.7. The minimum absolute atomic E-state index is 0.0348. The lowest BCUT2D eigenvalue weighted by molar-refractivity contribution is -0.137. The van der Waals surface area contributed by atoms with Crippen molar-refractivity contribution in [2.24, 2.45) is 0 Å².